The van der Waals surface area contributed by atoms with Gasteiger partial charge in [0.2, 0.25) is 0 Å². The summed E-state index contributed by atoms with van der Waals surface area (Å²) in [5, 5.41) is 0. The molecule has 0 spiro atoms. The summed E-state index contributed by atoms with van der Waals surface area (Å²) >= 11 is 0. The van der Waals surface area contributed by atoms with Crippen molar-refractivity contribution in [1.82, 2.24) is 0 Å². The molecular formula is C9H18N2O3. The Morgan fingerprint density at radius 3 is 2.21 bits per heavy atom. The van der Waals surface area contributed by atoms with E-state index in [1.807, 2.05) is 20.8 Å². The molecule has 5 nitrogen and oxygen atoms in total. The molecule has 5 heteroatoms. The monoisotopic (exact) mass is 202 g/mol. The Kier molecular flexibility index (Phi) is 4.73. The van der Waals surface area contributed by atoms with Crippen molar-refractivity contribution in [1.29, 1.82) is 0 Å². The summed E-state index contributed by atoms with van der Waals surface area (Å²) in [4.78, 5) is 21.8. The second kappa shape index (κ2) is 5.07. The smallest absolute Gasteiger partial charge is 0.330 e. The summed E-state index contributed by atoms with van der Waals surface area (Å²) in [6, 6.07) is -0.773. The molecule has 0 aromatic rings. The van der Waals surface area contributed by atoms with Crippen LogP contribution in [0.2, 0.25) is 0 Å². The molecule has 1 atom stereocenters. The molecule has 0 saturated heterocycles. The van der Waals surface area contributed by atoms with Crippen molar-refractivity contribution in [2.45, 2.75) is 33.2 Å². The Morgan fingerprint density at radius 1 is 1.36 bits per heavy atom. The second-order valence-corrected chi connectivity index (χ2v) is 4.37. The Balaban J connectivity index is 4.07. The molecular weight excluding hydrogens is 184 g/mol. The number of hydrogen-bond acceptors (Lipinski definition) is 5. The normalized spacial score (nSPS) is 13.5. The summed E-state index contributed by atoms with van der Waals surface area (Å²) in [5.41, 5.74) is 10.4. The molecule has 0 aromatic heterocycles. The van der Waals surface area contributed by atoms with Crippen molar-refractivity contribution in [2.24, 2.45) is 16.9 Å². The van der Waals surface area contributed by atoms with E-state index in [9.17, 15) is 9.59 Å². The molecule has 82 valence electrons. The van der Waals surface area contributed by atoms with E-state index in [2.05, 4.69) is 4.74 Å². The van der Waals surface area contributed by atoms with Crippen LogP contribution >= 0.6 is 0 Å². The number of nitrogens with two attached hydrogens (primary N) is 2. The van der Waals surface area contributed by atoms with Gasteiger partial charge in [0.25, 0.3) is 0 Å². The van der Waals surface area contributed by atoms with Crippen LogP contribution in [0.25, 0.3) is 0 Å². The maximum Gasteiger partial charge on any atom is 0.330 e. The number of ether oxygens (including phenoxy) is 1. The first-order valence-electron chi connectivity index (χ1n) is 4.46. The lowest BCUT2D eigenvalue weighted by atomic mass is 9.88. The molecule has 0 aliphatic carbocycles. The average Bonchev–Trinajstić information content (AvgIpc) is 2.00. The molecule has 0 unspecified atom stereocenters. The van der Waals surface area contributed by atoms with Gasteiger partial charge in [-0.1, -0.05) is 20.8 Å². The van der Waals surface area contributed by atoms with E-state index in [-0.39, 0.29) is 12.0 Å². The Bertz CT molecular complexity index is 221. The zero-order valence-electron chi connectivity index (χ0n) is 8.87. The number of carbonyl (C=O) groups excluding carboxylic acids is 2. The fraction of sp³-hybridized carbons (Fsp3) is 0.778. The molecule has 0 aliphatic rings. The predicted octanol–water partition coefficient (Wildman–Crippen LogP) is -0.222. The minimum atomic E-state index is -0.773. The third-order valence-electron chi connectivity index (χ3n) is 1.52. The maximum atomic E-state index is 11.2. The fourth-order valence-corrected chi connectivity index (χ4v) is 0.973. The maximum absolute atomic E-state index is 11.2. The highest BCUT2D eigenvalue weighted by molar-refractivity contribution is 5.89. The molecule has 0 saturated carbocycles. The highest BCUT2D eigenvalue weighted by Gasteiger charge is 2.23. The molecule has 0 aliphatic heterocycles. The van der Waals surface area contributed by atoms with Gasteiger partial charge in [-0.3, -0.25) is 4.79 Å². The van der Waals surface area contributed by atoms with Gasteiger partial charge in [0.15, 0.2) is 0 Å². The quantitative estimate of drug-likeness (QED) is 0.487. The van der Waals surface area contributed by atoms with E-state index in [0.717, 1.165) is 0 Å². The third-order valence-corrected chi connectivity index (χ3v) is 1.52. The Labute approximate surface area is 83.8 Å². The van der Waals surface area contributed by atoms with Crippen LogP contribution in [-0.2, 0) is 14.3 Å². The van der Waals surface area contributed by atoms with Crippen molar-refractivity contribution in [2.75, 3.05) is 6.54 Å². The first kappa shape index (κ1) is 13.1. The van der Waals surface area contributed by atoms with Gasteiger partial charge >= 0.3 is 11.9 Å². The average molecular weight is 202 g/mol. The van der Waals surface area contributed by atoms with Crippen LogP contribution in [0, 0.1) is 5.41 Å². The lowest BCUT2D eigenvalue weighted by molar-refractivity contribution is -0.160. The van der Waals surface area contributed by atoms with Gasteiger partial charge in [-0.2, -0.15) is 0 Å². The van der Waals surface area contributed by atoms with Crippen molar-refractivity contribution < 1.29 is 14.3 Å². The Hall–Kier alpha value is -0.940. The van der Waals surface area contributed by atoms with Gasteiger partial charge in [0.05, 0.1) is 6.54 Å². The lowest BCUT2D eigenvalue weighted by Crippen LogP contribution is -2.38. The number of rotatable bonds is 3. The zero-order valence-corrected chi connectivity index (χ0v) is 8.87. The summed E-state index contributed by atoms with van der Waals surface area (Å²) in [7, 11) is 0. The minimum Gasteiger partial charge on any atom is -0.391 e. The first-order valence-corrected chi connectivity index (χ1v) is 4.46. The number of esters is 2. The van der Waals surface area contributed by atoms with Crippen LogP contribution in [0.15, 0.2) is 0 Å². The Morgan fingerprint density at radius 2 is 1.86 bits per heavy atom. The summed E-state index contributed by atoms with van der Waals surface area (Å²) in [6.07, 6.45) is 0.462. The molecule has 0 radical (unpaired) electrons. The lowest BCUT2D eigenvalue weighted by Gasteiger charge is -2.21. The summed E-state index contributed by atoms with van der Waals surface area (Å²) in [5.74, 6) is -1.46. The van der Waals surface area contributed by atoms with Crippen LogP contribution in [0.5, 0.6) is 0 Å². The minimum absolute atomic E-state index is 0.0792. The van der Waals surface area contributed by atoms with Crippen LogP contribution in [0.3, 0.4) is 0 Å². The van der Waals surface area contributed by atoms with Crippen LogP contribution < -0.4 is 11.5 Å². The standard InChI is InChI=1S/C9H18N2O3/c1-9(2,3)4-6(11)8(13)14-7(12)5-10/h6H,4-5,10-11H2,1-3H3/t6-/m0/s1. The zero-order chi connectivity index (χ0) is 11.4. The molecule has 0 bridgehead atoms. The van der Waals surface area contributed by atoms with Gasteiger partial charge in [-0.25, -0.2) is 4.79 Å². The molecule has 0 amide bonds. The van der Waals surface area contributed by atoms with Crippen molar-refractivity contribution in [3.63, 3.8) is 0 Å². The van der Waals surface area contributed by atoms with Crippen LogP contribution in [-0.4, -0.2) is 24.5 Å². The molecule has 0 fully saturated rings. The van der Waals surface area contributed by atoms with Crippen molar-refractivity contribution in [3.8, 4) is 0 Å². The van der Waals surface area contributed by atoms with Crippen molar-refractivity contribution >= 4 is 11.9 Å². The van der Waals surface area contributed by atoms with E-state index in [0.29, 0.717) is 6.42 Å². The SMILES string of the molecule is CC(C)(C)C[C@H](N)C(=O)OC(=O)CN. The largest absolute Gasteiger partial charge is 0.391 e. The molecule has 0 heterocycles. The van der Waals surface area contributed by atoms with Crippen LogP contribution in [0.4, 0.5) is 0 Å². The van der Waals surface area contributed by atoms with E-state index in [4.69, 9.17) is 11.5 Å². The topological polar surface area (TPSA) is 95.4 Å². The molecule has 0 aromatic carbocycles. The third kappa shape index (κ3) is 5.66. The summed E-state index contributed by atoms with van der Waals surface area (Å²) < 4.78 is 4.38. The van der Waals surface area contributed by atoms with E-state index in [1.165, 1.54) is 0 Å². The number of hydrogen-bond donors (Lipinski definition) is 2. The van der Waals surface area contributed by atoms with Crippen molar-refractivity contribution in [3.05, 3.63) is 0 Å². The van der Waals surface area contributed by atoms with Gasteiger partial charge in [-0.05, 0) is 11.8 Å². The predicted molar refractivity (Wildman–Crippen MR) is 52.2 cm³/mol. The van der Waals surface area contributed by atoms with E-state index >= 15 is 0 Å². The number of carbonyl (C=O) groups is 2. The van der Waals surface area contributed by atoms with E-state index in [1.54, 1.807) is 0 Å². The van der Waals surface area contributed by atoms with E-state index < -0.39 is 18.0 Å². The second-order valence-electron chi connectivity index (χ2n) is 4.37. The highest BCUT2D eigenvalue weighted by atomic mass is 16.6. The molecule has 14 heavy (non-hydrogen) atoms. The van der Waals surface area contributed by atoms with Gasteiger partial charge in [0.1, 0.15) is 6.04 Å². The fourth-order valence-electron chi connectivity index (χ4n) is 0.973. The highest BCUT2D eigenvalue weighted by Crippen LogP contribution is 2.20. The molecule has 4 N–H and O–H groups in total. The summed E-state index contributed by atoms with van der Waals surface area (Å²) in [6.45, 7) is 5.54. The van der Waals surface area contributed by atoms with Gasteiger partial charge < -0.3 is 16.2 Å². The van der Waals surface area contributed by atoms with Crippen LogP contribution in [0.1, 0.15) is 27.2 Å². The van der Waals surface area contributed by atoms with Gasteiger partial charge in [-0.15, -0.1) is 0 Å². The molecule has 0 rings (SSSR count). The first-order chi connectivity index (χ1) is 6.26. The van der Waals surface area contributed by atoms with Gasteiger partial charge in [0, 0.05) is 0 Å².